The molecule has 0 bridgehead atoms. The van der Waals surface area contributed by atoms with Crippen LogP contribution in [0.2, 0.25) is 0 Å². The van der Waals surface area contributed by atoms with Gasteiger partial charge in [0, 0.05) is 44.5 Å². The zero-order chi connectivity index (χ0) is 19.4. The van der Waals surface area contributed by atoms with Gasteiger partial charge in [0.25, 0.3) is 0 Å². The van der Waals surface area contributed by atoms with E-state index in [4.69, 9.17) is 14.9 Å². The molecule has 7 nitrogen and oxygen atoms in total. The second kappa shape index (κ2) is 7.90. The van der Waals surface area contributed by atoms with Gasteiger partial charge in [0.2, 0.25) is 0 Å². The fourth-order valence-electron chi connectivity index (χ4n) is 2.99. The lowest BCUT2D eigenvalue weighted by molar-refractivity contribution is 0.0186. The summed E-state index contributed by atoms with van der Waals surface area (Å²) in [5.41, 5.74) is 6.53. The van der Waals surface area contributed by atoms with Gasteiger partial charge in [0.15, 0.2) is 5.96 Å². The van der Waals surface area contributed by atoms with Gasteiger partial charge < -0.3 is 24.7 Å². The van der Waals surface area contributed by atoms with Gasteiger partial charge in [-0.15, -0.1) is 0 Å². The van der Waals surface area contributed by atoms with Crippen LogP contribution in [0, 0.1) is 0 Å². The molecule has 7 heteroatoms. The van der Waals surface area contributed by atoms with Crippen LogP contribution in [0.15, 0.2) is 39.7 Å². The van der Waals surface area contributed by atoms with Crippen LogP contribution in [0.5, 0.6) is 0 Å². The average Bonchev–Trinajstić information content (AvgIpc) is 3.03. The third-order valence-corrected chi connectivity index (χ3v) is 4.36. The van der Waals surface area contributed by atoms with Gasteiger partial charge >= 0.3 is 6.09 Å². The first-order valence-electron chi connectivity index (χ1n) is 9.32. The number of piperazine rings is 1. The van der Waals surface area contributed by atoms with Gasteiger partial charge in [0.05, 0.1) is 0 Å². The molecular weight excluding hydrogens is 344 g/mol. The number of fused-ring (bicyclic) bond motifs is 1. The molecule has 146 valence electrons. The van der Waals surface area contributed by atoms with E-state index in [2.05, 4.69) is 4.99 Å². The number of carbonyl (C=O) groups is 1. The summed E-state index contributed by atoms with van der Waals surface area (Å²) >= 11 is 0. The Bertz CT molecular complexity index is 781. The molecule has 1 aromatic carbocycles. The van der Waals surface area contributed by atoms with Gasteiger partial charge in [-0.25, -0.2) is 4.79 Å². The quantitative estimate of drug-likeness (QED) is 0.661. The predicted molar refractivity (Wildman–Crippen MR) is 106 cm³/mol. The molecule has 0 radical (unpaired) electrons. The Labute approximate surface area is 159 Å². The summed E-state index contributed by atoms with van der Waals surface area (Å²) in [7, 11) is 0. The molecule has 1 fully saturated rings. The van der Waals surface area contributed by atoms with E-state index in [1.807, 2.05) is 56.0 Å². The Morgan fingerprint density at radius 3 is 2.52 bits per heavy atom. The van der Waals surface area contributed by atoms with Gasteiger partial charge in [-0.05, 0) is 32.9 Å². The number of hydrogen-bond donors (Lipinski definition) is 1. The van der Waals surface area contributed by atoms with Crippen molar-refractivity contribution in [1.29, 1.82) is 0 Å². The molecule has 1 saturated heterocycles. The molecule has 0 saturated carbocycles. The van der Waals surface area contributed by atoms with Crippen molar-refractivity contribution in [2.45, 2.75) is 32.8 Å². The van der Waals surface area contributed by atoms with Crippen LogP contribution in [0.4, 0.5) is 4.79 Å². The Kier molecular flexibility index (Phi) is 5.58. The standard InChI is InChI=1S/C20H28N4O3/c1-20(2,3)27-19(25)24-12-10-23(11-13-24)18(21)22-9-8-16-14-15-6-4-5-7-17(15)26-16/h4-7,14H,8-13H2,1-3H3,(H2,21,22). The number of guanidine groups is 1. The Hall–Kier alpha value is -2.70. The second-order valence-corrected chi connectivity index (χ2v) is 7.69. The SMILES string of the molecule is CC(C)(C)OC(=O)N1CCN(C(N)=NCCc2cc3ccccc3o2)CC1. The second-order valence-electron chi connectivity index (χ2n) is 7.69. The van der Waals surface area contributed by atoms with Crippen LogP contribution in [-0.4, -0.2) is 60.2 Å². The molecule has 0 unspecified atom stereocenters. The topological polar surface area (TPSA) is 84.3 Å². The summed E-state index contributed by atoms with van der Waals surface area (Å²) in [6.45, 7) is 8.63. The Balaban J connectivity index is 1.47. The summed E-state index contributed by atoms with van der Waals surface area (Å²) in [6, 6.07) is 9.99. The molecule has 3 rings (SSSR count). The van der Waals surface area contributed by atoms with E-state index in [0.717, 1.165) is 16.7 Å². The molecule has 1 aliphatic rings. The lowest BCUT2D eigenvalue weighted by Crippen LogP contribution is -2.53. The highest BCUT2D eigenvalue weighted by molar-refractivity contribution is 5.79. The number of aliphatic imine (C=N–C) groups is 1. The van der Waals surface area contributed by atoms with E-state index >= 15 is 0 Å². The number of carbonyl (C=O) groups excluding carboxylic acids is 1. The third-order valence-electron chi connectivity index (χ3n) is 4.36. The van der Waals surface area contributed by atoms with Gasteiger partial charge in [-0.2, -0.15) is 0 Å². The van der Waals surface area contributed by atoms with Crippen LogP contribution < -0.4 is 5.73 Å². The molecule has 0 atom stereocenters. The van der Waals surface area contributed by atoms with Crippen LogP contribution in [0.3, 0.4) is 0 Å². The predicted octanol–water partition coefficient (Wildman–Crippen LogP) is 2.84. The van der Waals surface area contributed by atoms with Crippen molar-refractivity contribution in [3.8, 4) is 0 Å². The maximum Gasteiger partial charge on any atom is 0.410 e. The molecule has 0 spiro atoms. The summed E-state index contributed by atoms with van der Waals surface area (Å²) in [4.78, 5) is 20.3. The first-order valence-corrected chi connectivity index (χ1v) is 9.32. The maximum atomic E-state index is 12.1. The maximum absolute atomic E-state index is 12.1. The normalized spacial score (nSPS) is 16.0. The van der Waals surface area contributed by atoms with Crippen LogP contribution in [0.25, 0.3) is 11.0 Å². The minimum absolute atomic E-state index is 0.275. The van der Waals surface area contributed by atoms with E-state index < -0.39 is 5.60 Å². The molecule has 2 aromatic rings. The number of hydrogen-bond acceptors (Lipinski definition) is 4. The number of ether oxygens (including phenoxy) is 1. The number of nitrogens with zero attached hydrogens (tertiary/aromatic N) is 3. The monoisotopic (exact) mass is 372 g/mol. The lowest BCUT2D eigenvalue weighted by Gasteiger charge is -2.36. The molecule has 27 heavy (non-hydrogen) atoms. The zero-order valence-electron chi connectivity index (χ0n) is 16.3. The van der Waals surface area contributed by atoms with Crippen molar-refractivity contribution in [2.24, 2.45) is 10.7 Å². The van der Waals surface area contributed by atoms with Crippen molar-refractivity contribution < 1.29 is 13.9 Å². The highest BCUT2D eigenvalue weighted by Gasteiger charge is 2.26. The molecule has 1 aromatic heterocycles. The largest absolute Gasteiger partial charge is 0.461 e. The minimum Gasteiger partial charge on any atom is -0.461 e. The zero-order valence-corrected chi connectivity index (χ0v) is 16.3. The fourth-order valence-corrected chi connectivity index (χ4v) is 2.99. The number of para-hydroxylation sites is 1. The number of benzene rings is 1. The van der Waals surface area contributed by atoms with Crippen LogP contribution in [-0.2, 0) is 11.2 Å². The van der Waals surface area contributed by atoms with Crippen molar-refractivity contribution >= 4 is 23.0 Å². The number of furan rings is 1. The van der Waals surface area contributed by atoms with Crippen molar-refractivity contribution in [3.05, 3.63) is 36.1 Å². The highest BCUT2D eigenvalue weighted by Crippen LogP contribution is 2.19. The molecule has 2 heterocycles. The van der Waals surface area contributed by atoms with Crippen molar-refractivity contribution in [1.82, 2.24) is 9.80 Å². The van der Waals surface area contributed by atoms with E-state index in [0.29, 0.717) is 45.1 Å². The Morgan fingerprint density at radius 2 is 1.85 bits per heavy atom. The van der Waals surface area contributed by atoms with Crippen LogP contribution in [0.1, 0.15) is 26.5 Å². The first-order chi connectivity index (χ1) is 12.8. The Morgan fingerprint density at radius 1 is 1.19 bits per heavy atom. The number of rotatable bonds is 3. The van der Waals surface area contributed by atoms with Crippen molar-refractivity contribution in [3.63, 3.8) is 0 Å². The van der Waals surface area contributed by atoms with Gasteiger partial charge in [0.1, 0.15) is 16.9 Å². The highest BCUT2D eigenvalue weighted by atomic mass is 16.6. The third kappa shape index (κ3) is 5.15. The van der Waals surface area contributed by atoms with E-state index in [9.17, 15) is 4.79 Å². The molecule has 2 N–H and O–H groups in total. The van der Waals surface area contributed by atoms with E-state index in [1.54, 1.807) is 4.90 Å². The number of nitrogens with two attached hydrogens (primary N) is 1. The number of amides is 1. The molecule has 1 amide bonds. The van der Waals surface area contributed by atoms with E-state index in [-0.39, 0.29) is 6.09 Å². The summed E-state index contributed by atoms with van der Waals surface area (Å²) in [5.74, 6) is 1.41. The smallest absolute Gasteiger partial charge is 0.410 e. The van der Waals surface area contributed by atoms with Crippen LogP contribution >= 0.6 is 0 Å². The lowest BCUT2D eigenvalue weighted by atomic mass is 10.2. The summed E-state index contributed by atoms with van der Waals surface area (Å²) in [5, 5.41) is 1.10. The summed E-state index contributed by atoms with van der Waals surface area (Å²) < 4.78 is 11.2. The molecular formula is C20H28N4O3. The average molecular weight is 372 g/mol. The van der Waals surface area contributed by atoms with Crippen molar-refractivity contribution in [2.75, 3.05) is 32.7 Å². The molecule has 1 aliphatic heterocycles. The minimum atomic E-state index is -0.481. The van der Waals surface area contributed by atoms with Gasteiger partial charge in [-0.3, -0.25) is 4.99 Å². The summed E-state index contributed by atoms with van der Waals surface area (Å²) in [6.07, 6.45) is 0.426. The first kappa shape index (κ1) is 19.1. The molecule has 0 aliphatic carbocycles. The van der Waals surface area contributed by atoms with E-state index in [1.165, 1.54) is 0 Å². The fraction of sp³-hybridized carbons (Fsp3) is 0.500. The van der Waals surface area contributed by atoms with Gasteiger partial charge in [-0.1, -0.05) is 18.2 Å².